The van der Waals surface area contributed by atoms with Gasteiger partial charge in [0.05, 0.1) is 10.9 Å². The van der Waals surface area contributed by atoms with Gasteiger partial charge in [0, 0.05) is 24.4 Å². The smallest absolute Gasteiger partial charge is 0.306 e. The molecule has 0 aliphatic rings. The summed E-state index contributed by atoms with van der Waals surface area (Å²) < 4.78 is 4.98. The van der Waals surface area contributed by atoms with Crippen LogP contribution in [0, 0.1) is 0 Å². The van der Waals surface area contributed by atoms with Gasteiger partial charge in [-0.05, 0) is 30.2 Å². The zero-order chi connectivity index (χ0) is 20.6. The number of para-hydroxylation sites is 1. The van der Waals surface area contributed by atoms with E-state index in [1.165, 1.54) is 0 Å². The number of benzene rings is 2. The van der Waals surface area contributed by atoms with Crippen LogP contribution < -0.4 is 10.9 Å². The van der Waals surface area contributed by atoms with Crippen molar-refractivity contribution in [1.82, 2.24) is 15.3 Å². The zero-order valence-corrected chi connectivity index (χ0v) is 16.4. The average Bonchev–Trinajstić information content (AvgIpc) is 2.72. The summed E-state index contributed by atoms with van der Waals surface area (Å²) in [7, 11) is 0. The number of esters is 1. The maximum absolute atomic E-state index is 12.0. The molecule has 1 amide bonds. The Kier molecular flexibility index (Phi) is 6.97. The Labute approximate surface area is 172 Å². The number of aryl methyl sites for hydroxylation is 1. The second-order valence-corrected chi connectivity index (χ2v) is 6.82. The molecule has 0 aliphatic heterocycles. The Morgan fingerprint density at radius 2 is 1.86 bits per heavy atom. The lowest BCUT2D eigenvalue weighted by atomic mass is 10.2. The van der Waals surface area contributed by atoms with Crippen LogP contribution in [0.25, 0.3) is 10.9 Å². The van der Waals surface area contributed by atoms with Crippen molar-refractivity contribution in [3.05, 3.63) is 75.3 Å². The topological polar surface area (TPSA) is 101 Å². The largest absolute Gasteiger partial charge is 0.456 e. The fourth-order valence-corrected chi connectivity index (χ4v) is 2.96. The van der Waals surface area contributed by atoms with Crippen molar-refractivity contribution in [2.24, 2.45) is 0 Å². The molecule has 2 N–H and O–H groups in total. The molecule has 29 heavy (non-hydrogen) atoms. The van der Waals surface area contributed by atoms with Gasteiger partial charge < -0.3 is 15.0 Å². The van der Waals surface area contributed by atoms with Crippen LogP contribution in [0.3, 0.4) is 0 Å². The van der Waals surface area contributed by atoms with Crippen LogP contribution in [0.4, 0.5) is 0 Å². The fourth-order valence-electron chi connectivity index (χ4n) is 2.76. The summed E-state index contributed by atoms with van der Waals surface area (Å²) in [5.41, 5.74) is 1.19. The summed E-state index contributed by atoms with van der Waals surface area (Å²) in [6.45, 7) is -0.0919. The maximum Gasteiger partial charge on any atom is 0.306 e. The molecule has 7 nitrogen and oxygen atoms in total. The number of carbonyl (C=O) groups excluding carboxylic acids is 2. The van der Waals surface area contributed by atoms with Crippen molar-refractivity contribution < 1.29 is 14.3 Å². The number of ether oxygens (including phenoxy) is 1. The van der Waals surface area contributed by atoms with E-state index in [9.17, 15) is 14.4 Å². The number of amides is 1. The van der Waals surface area contributed by atoms with Crippen LogP contribution in [0.1, 0.15) is 24.2 Å². The molecule has 0 unspecified atom stereocenters. The summed E-state index contributed by atoms with van der Waals surface area (Å²) in [5, 5.41) is 3.74. The summed E-state index contributed by atoms with van der Waals surface area (Å²) in [5.74, 6) is -0.376. The van der Waals surface area contributed by atoms with E-state index in [2.05, 4.69) is 15.3 Å². The number of halogens is 1. The highest BCUT2D eigenvalue weighted by Gasteiger charge is 2.09. The highest BCUT2D eigenvalue weighted by atomic mass is 35.5. The summed E-state index contributed by atoms with van der Waals surface area (Å²) in [6.07, 6.45) is 0.990. The SMILES string of the molecule is O=C(COC(=O)CCCc1nc2ccccc2c(=O)[nH]1)NCc1ccccc1Cl. The van der Waals surface area contributed by atoms with Crippen LogP contribution in [-0.4, -0.2) is 28.5 Å². The second kappa shape index (κ2) is 9.84. The number of rotatable bonds is 8. The van der Waals surface area contributed by atoms with E-state index in [0.717, 1.165) is 5.56 Å². The molecule has 0 radical (unpaired) electrons. The quantitative estimate of drug-likeness (QED) is 0.553. The maximum atomic E-state index is 12.0. The van der Waals surface area contributed by atoms with Gasteiger partial charge in [0.15, 0.2) is 6.61 Å². The van der Waals surface area contributed by atoms with E-state index in [1.807, 2.05) is 12.1 Å². The van der Waals surface area contributed by atoms with E-state index >= 15 is 0 Å². The minimum atomic E-state index is -0.485. The Morgan fingerprint density at radius 3 is 2.69 bits per heavy atom. The third-order valence-electron chi connectivity index (χ3n) is 4.25. The molecule has 8 heteroatoms. The number of carbonyl (C=O) groups is 2. The van der Waals surface area contributed by atoms with Gasteiger partial charge in [-0.15, -0.1) is 0 Å². The highest BCUT2D eigenvalue weighted by molar-refractivity contribution is 6.31. The lowest BCUT2D eigenvalue weighted by Crippen LogP contribution is -2.28. The van der Waals surface area contributed by atoms with Gasteiger partial charge in [-0.2, -0.15) is 0 Å². The third-order valence-corrected chi connectivity index (χ3v) is 4.62. The molecule has 3 aromatic rings. The molecule has 150 valence electrons. The van der Waals surface area contributed by atoms with Gasteiger partial charge in [0.25, 0.3) is 11.5 Å². The Hall–Kier alpha value is -3.19. The average molecular weight is 414 g/mol. The minimum absolute atomic E-state index is 0.119. The summed E-state index contributed by atoms with van der Waals surface area (Å²) >= 11 is 6.02. The minimum Gasteiger partial charge on any atom is -0.456 e. The molecule has 0 aliphatic carbocycles. The molecular formula is C21H20ClN3O4. The lowest BCUT2D eigenvalue weighted by Gasteiger charge is -2.08. The molecule has 3 rings (SSSR count). The molecule has 1 aromatic heterocycles. The first-order valence-electron chi connectivity index (χ1n) is 9.16. The first-order valence-corrected chi connectivity index (χ1v) is 9.54. The number of aromatic amines is 1. The van der Waals surface area contributed by atoms with Crippen molar-refractivity contribution in [2.45, 2.75) is 25.8 Å². The molecular weight excluding hydrogens is 394 g/mol. The van der Waals surface area contributed by atoms with E-state index < -0.39 is 11.9 Å². The van der Waals surface area contributed by atoms with Gasteiger partial charge in [0.1, 0.15) is 5.82 Å². The number of nitrogens with one attached hydrogen (secondary N) is 2. The van der Waals surface area contributed by atoms with E-state index in [0.29, 0.717) is 34.6 Å². The number of hydrogen-bond acceptors (Lipinski definition) is 5. The van der Waals surface area contributed by atoms with Gasteiger partial charge in [-0.25, -0.2) is 4.98 Å². The first kappa shape index (κ1) is 20.5. The van der Waals surface area contributed by atoms with E-state index in [-0.39, 0.29) is 25.1 Å². The lowest BCUT2D eigenvalue weighted by molar-refractivity contribution is -0.148. The van der Waals surface area contributed by atoms with E-state index in [1.54, 1.807) is 36.4 Å². The van der Waals surface area contributed by atoms with Crippen LogP contribution in [-0.2, 0) is 27.3 Å². The fraction of sp³-hybridized carbons (Fsp3) is 0.238. The number of aromatic nitrogens is 2. The molecule has 1 heterocycles. The molecule has 0 atom stereocenters. The van der Waals surface area contributed by atoms with Crippen molar-refractivity contribution in [2.75, 3.05) is 6.61 Å². The van der Waals surface area contributed by atoms with Crippen LogP contribution >= 0.6 is 11.6 Å². The Bertz CT molecular complexity index is 1080. The van der Waals surface area contributed by atoms with Crippen LogP contribution in [0.2, 0.25) is 5.02 Å². The van der Waals surface area contributed by atoms with Crippen molar-refractivity contribution in [1.29, 1.82) is 0 Å². The molecule has 0 saturated heterocycles. The molecule has 2 aromatic carbocycles. The number of hydrogen-bond donors (Lipinski definition) is 2. The number of H-pyrrole nitrogens is 1. The summed E-state index contributed by atoms with van der Waals surface area (Å²) in [6, 6.07) is 14.2. The predicted molar refractivity (Wildman–Crippen MR) is 110 cm³/mol. The first-order chi connectivity index (χ1) is 14.0. The van der Waals surface area contributed by atoms with Crippen molar-refractivity contribution >= 4 is 34.4 Å². The van der Waals surface area contributed by atoms with Gasteiger partial charge >= 0.3 is 5.97 Å². The second-order valence-electron chi connectivity index (χ2n) is 6.41. The van der Waals surface area contributed by atoms with Crippen molar-refractivity contribution in [3.8, 4) is 0 Å². The highest BCUT2D eigenvalue weighted by Crippen LogP contribution is 2.14. The molecule has 0 bridgehead atoms. The molecule has 0 fully saturated rings. The van der Waals surface area contributed by atoms with Gasteiger partial charge in [-0.3, -0.25) is 14.4 Å². The monoisotopic (exact) mass is 413 g/mol. The van der Waals surface area contributed by atoms with E-state index in [4.69, 9.17) is 16.3 Å². The predicted octanol–water partition coefficient (Wildman–Crippen LogP) is 2.76. The number of fused-ring (bicyclic) bond motifs is 1. The Morgan fingerprint density at radius 1 is 1.10 bits per heavy atom. The zero-order valence-electron chi connectivity index (χ0n) is 15.6. The van der Waals surface area contributed by atoms with Crippen LogP contribution in [0.15, 0.2) is 53.3 Å². The molecule has 0 saturated carbocycles. The van der Waals surface area contributed by atoms with Gasteiger partial charge in [-0.1, -0.05) is 41.9 Å². The third kappa shape index (κ3) is 5.89. The normalized spacial score (nSPS) is 10.7. The van der Waals surface area contributed by atoms with Gasteiger partial charge in [0.2, 0.25) is 0 Å². The molecule has 0 spiro atoms. The number of nitrogens with zero attached hydrogens (tertiary/aromatic N) is 1. The van der Waals surface area contributed by atoms with Crippen LogP contribution in [0.5, 0.6) is 0 Å². The summed E-state index contributed by atoms with van der Waals surface area (Å²) in [4.78, 5) is 42.8. The Balaban J connectivity index is 1.39. The standard InChI is InChI=1S/C21H20ClN3O4/c22-16-8-3-1-6-14(16)12-23-19(26)13-29-20(27)11-5-10-18-24-17-9-4-2-7-15(17)21(28)25-18/h1-4,6-9H,5,10-13H2,(H,23,26)(H,24,25,28). The van der Waals surface area contributed by atoms with Crippen molar-refractivity contribution in [3.63, 3.8) is 0 Å².